The molecule has 0 unspecified atom stereocenters. The van der Waals surface area contributed by atoms with Crippen LogP contribution in [0.5, 0.6) is 5.75 Å². The van der Waals surface area contributed by atoms with E-state index >= 15 is 0 Å². The summed E-state index contributed by atoms with van der Waals surface area (Å²) in [6.07, 6.45) is 2.78. The molecule has 1 atom stereocenters. The summed E-state index contributed by atoms with van der Waals surface area (Å²) in [7, 11) is 0. The van der Waals surface area contributed by atoms with Gasteiger partial charge in [-0.2, -0.15) is 0 Å². The maximum absolute atomic E-state index is 12.1. The van der Waals surface area contributed by atoms with E-state index in [1.165, 1.54) is 0 Å². The van der Waals surface area contributed by atoms with E-state index < -0.39 is 0 Å². The van der Waals surface area contributed by atoms with Crippen LogP contribution in [-0.2, 0) is 11.2 Å². The Morgan fingerprint density at radius 3 is 2.80 bits per heavy atom. The smallest absolute Gasteiger partial charge is 0.225 e. The first-order valence-corrected chi connectivity index (χ1v) is 7.40. The van der Waals surface area contributed by atoms with Gasteiger partial charge in [0.05, 0.1) is 12.5 Å². The molecule has 2 rings (SSSR count). The number of carbonyl (C=O) groups is 1. The molecule has 0 saturated carbocycles. The van der Waals surface area contributed by atoms with Crippen molar-refractivity contribution < 1.29 is 9.90 Å². The van der Waals surface area contributed by atoms with E-state index in [9.17, 15) is 9.90 Å². The van der Waals surface area contributed by atoms with Gasteiger partial charge >= 0.3 is 0 Å². The third-order valence-corrected chi connectivity index (χ3v) is 4.05. The van der Waals surface area contributed by atoms with Crippen molar-refractivity contribution in [3.05, 3.63) is 45.9 Å². The summed E-state index contributed by atoms with van der Waals surface area (Å²) < 4.78 is 0. The normalized spacial score (nSPS) is 12.1. The molecule has 0 fully saturated rings. The van der Waals surface area contributed by atoms with Gasteiger partial charge in [-0.05, 0) is 19.4 Å². The molecule has 20 heavy (non-hydrogen) atoms. The minimum absolute atomic E-state index is 0.0629. The largest absolute Gasteiger partial charge is 0.508 e. The van der Waals surface area contributed by atoms with Crippen molar-refractivity contribution >= 4 is 17.2 Å². The van der Waals surface area contributed by atoms with Crippen LogP contribution in [0.3, 0.4) is 0 Å². The number of nitrogens with one attached hydrogen (secondary N) is 1. The van der Waals surface area contributed by atoms with Gasteiger partial charge in [0.2, 0.25) is 5.91 Å². The number of benzene rings is 1. The Labute approximate surface area is 122 Å². The topological polar surface area (TPSA) is 62.2 Å². The fourth-order valence-corrected chi connectivity index (χ4v) is 2.86. The highest BCUT2D eigenvalue weighted by Crippen LogP contribution is 2.22. The SMILES string of the molecule is CC[C@@H](NC(=O)Cc1ccccc1O)c1ncc(C)s1. The van der Waals surface area contributed by atoms with E-state index in [4.69, 9.17) is 0 Å². The number of carbonyl (C=O) groups excluding carboxylic acids is 1. The molecule has 0 bridgehead atoms. The molecule has 5 heteroatoms. The van der Waals surface area contributed by atoms with E-state index in [-0.39, 0.29) is 24.1 Å². The zero-order valence-corrected chi connectivity index (χ0v) is 12.4. The van der Waals surface area contributed by atoms with Crippen molar-refractivity contribution in [2.45, 2.75) is 32.7 Å². The Hall–Kier alpha value is -1.88. The van der Waals surface area contributed by atoms with Gasteiger partial charge in [0, 0.05) is 16.6 Å². The van der Waals surface area contributed by atoms with Gasteiger partial charge in [-0.1, -0.05) is 25.1 Å². The van der Waals surface area contributed by atoms with Crippen LogP contribution in [0.25, 0.3) is 0 Å². The Morgan fingerprint density at radius 1 is 1.45 bits per heavy atom. The van der Waals surface area contributed by atoms with Gasteiger partial charge in [0.15, 0.2) is 0 Å². The standard InChI is InChI=1S/C15H18N2O2S/c1-3-12(15-16-9-10(2)20-15)17-14(19)8-11-6-4-5-7-13(11)18/h4-7,9,12,18H,3,8H2,1-2H3,(H,17,19)/t12-/m1/s1. The van der Waals surface area contributed by atoms with Crippen LogP contribution in [0.4, 0.5) is 0 Å². The highest BCUT2D eigenvalue weighted by Gasteiger charge is 2.16. The predicted molar refractivity (Wildman–Crippen MR) is 79.8 cm³/mol. The van der Waals surface area contributed by atoms with E-state index in [2.05, 4.69) is 10.3 Å². The van der Waals surface area contributed by atoms with Crippen LogP contribution in [-0.4, -0.2) is 16.0 Å². The van der Waals surface area contributed by atoms with Crippen molar-refractivity contribution in [2.75, 3.05) is 0 Å². The number of rotatable bonds is 5. The quantitative estimate of drug-likeness (QED) is 0.890. The number of hydrogen-bond donors (Lipinski definition) is 2. The maximum atomic E-state index is 12.1. The lowest BCUT2D eigenvalue weighted by atomic mass is 10.1. The molecular formula is C15H18N2O2S. The number of aromatic hydroxyl groups is 1. The second-order valence-corrected chi connectivity index (χ2v) is 5.91. The Kier molecular flexibility index (Phi) is 4.74. The molecule has 2 N–H and O–H groups in total. The second-order valence-electron chi connectivity index (χ2n) is 4.64. The molecule has 0 aliphatic carbocycles. The molecule has 0 radical (unpaired) electrons. The van der Waals surface area contributed by atoms with E-state index in [1.807, 2.05) is 26.1 Å². The molecule has 1 heterocycles. The van der Waals surface area contributed by atoms with Gasteiger partial charge in [0.25, 0.3) is 0 Å². The van der Waals surface area contributed by atoms with Gasteiger partial charge < -0.3 is 10.4 Å². The molecule has 0 spiro atoms. The summed E-state index contributed by atoms with van der Waals surface area (Å²) in [5, 5.41) is 13.6. The zero-order valence-electron chi connectivity index (χ0n) is 11.6. The fourth-order valence-electron chi connectivity index (χ4n) is 1.95. The third kappa shape index (κ3) is 3.57. The lowest BCUT2D eigenvalue weighted by molar-refractivity contribution is -0.121. The van der Waals surface area contributed by atoms with Crippen molar-refractivity contribution in [3.8, 4) is 5.75 Å². The summed E-state index contributed by atoms with van der Waals surface area (Å²) in [6.45, 7) is 4.01. The van der Waals surface area contributed by atoms with E-state index in [1.54, 1.807) is 29.5 Å². The first-order chi connectivity index (χ1) is 9.60. The monoisotopic (exact) mass is 290 g/mol. The number of phenolic OH excluding ortho intramolecular Hbond substituents is 1. The van der Waals surface area contributed by atoms with Gasteiger partial charge in [-0.25, -0.2) is 4.98 Å². The second kappa shape index (κ2) is 6.52. The number of nitrogens with zero attached hydrogens (tertiary/aromatic N) is 1. The molecule has 4 nitrogen and oxygen atoms in total. The van der Waals surface area contributed by atoms with Crippen LogP contribution >= 0.6 is 11.3 Å². The van der Waals surface area contributed by atoms with Crippen molar-refractivity contribution in [2.24, 2.45) is 0 Å². The molecule has 1 aromatic heterocycles. The lowest BCUT2D eigenvalue weighted by Gasteiger charge is -2.14. The molecule has 2 aromatic rings. The highest BCUT2D eigenvalue weighted by atomic mass is 32.1. The first-order valence-electron chi connectivity index (χ1n) is 6.58. The molecule has 1 aromatic carbocycles. The Morgan fingerprint density at radius 2 is 2.20 bits per heavy atom. The molecule has 0 aliphatic heterocycles. The van der Waals surface area contributed by atoms with Gasteiger partial charge in [-0.15, -0.1) is 11.3 Å². The van der Waals surface area contributed by atoms with Crippen molar-refractivity contribution in [3.63, 3.8) is 0 Å². The van der Waals surface area contributed by atoms with Crippen LogP contribution in [0, 0.1) is 6.92 Å². The summed E-state index contributed by atoms with van der Waals surface area (Å²) >= 11 is 1.60. The minimum atomic E-state index is -0.105. The number of phenols is 1. The number of amides is 1. The van der Waals surface area contributed by atoms with Crippen LogP contribution < -0.4 is 5.32 Å². The first kappa shape index (κ1) is 14.5. The van der Waals surface area contributed by atoms with Crippen molar-refractivity contribution in [1.82, 2.24) is 10.3 Å². The molecule has 106 valence electrons. The third-order valence-electron chi connectivity index (χ3n) is 3.02. The number of aromatic nitrogens is 1. The molecule has 0 aliphatic rings. The van der Waals surface area contributed by atoms with Gasteiger partial charge in [-0.3, -0.25) is 4.79 Å². The van der Waals surface area contributed by atoms with Crippen LogP contribution in [0.2, 0.25) is 0 Å². The highest BCUT2D eigenvalue weighted by molar-refractivity contribution is 7.11. The molecule has 1 amide bonds. The van der Waals surface area contributed by atoms with Crippen molar-refractivity contribution in [1.29, 1.82) is 0 Å². The summed E-state index contributed by atoms with van der Waals surface area (Å²) in [4.78, 5) is 17.5. The van der Waals surface area contributed by atoms with Gasteiger partial charge in [0.1, 0.15) is 10.8 Å². The van der Waals surface area contributed by atoms with E-state index in [0.717, 1.165) is 16.3 Å². The molecular weight excluding hydrogens is 272 g/mol. The summed E-state index contributed by atoms with van der Waals surface area (Å²) in [6, 6.07) is 6.83. The van der Waals surface area contributed by atoms with Crippen LogP contribution in [0.15, 0.2) is 30.5 Å². The Balaban J connectivity index is 2.01. The maximum Gasteiger partial charge on any atom is 0.225 e. The number of aryl methyl sites for hydroxylation is 1. The average molecular weight is 290 g/mol. The van der Waals surface area contributed by atoms with E-state index in [0.29, 0.717) is 5.56 Å². The summed E-state index contributed by atoms with van der Waals surface area (Å²) in [5.74, 6) is 0.0481. The van der Waals surface area contributed by atoms with Crippen LogP contribution in [0.1, 0.15) is 34.8 Å². The molecule has 0 saturated heterocycles. The Bertz CT molecular complexity index is 595. The lowest BCUT2D eigenvalue weighted by Crippen LogP contribution is -2.29. The minimum Gasteiger partial charge on any atom is -0.508 e. The zero-order chi connectivity index (χ0) is 14.5. The number of hydrogen-bond acceptors (Lipinski definition) is 4. The predicted octanol–water partition coefficient (Wildman–Crippen LogP) is 2.97. The fraction of sp³-hybridized carbons (Fsp3) is 0.333. The average Bonchev–Trinajstić information content (AvgIpc) is 2.85. The number of para-hydroxylation sites is 1. The number of thiazole rings is 1. The summed E-state index contributed by atoms with van der Waals surface area (Å²) in [5.41, 5.74) is 0.634.